The van der Waals surface area contributed by atoms with Crippen LogP contribution < -0.4 is 5.32 Å². The average molecular weight is 596 g/mol. The smallest absolute Gasteiger partial charge is 0.299 e. The fourth-order valence-electron chi connectivity index (χ4n) is 3.80. The molecule has 4 aromatic carbocycles. The lowest BCUT2D eigenvalue weighted by Gasteiger charge is -2.13. The summed E-state index contributed by atoms with van der Waals surface area (Å²) in [5.74, 6) is 0. The Morgan fingerprint density at radius 2 is 0.925 bits per heavy atom. The van der Waals surface area contributed by atoms with Gasteiger partial charge in [-0.25, -0.2) is 0 Å². The lowest BCUT2D eigenvalue weighted by atomic mass is 10.2. The summed E-state index contributed by atoms with van der Waals surface area (Å²) in [6, 6.07) is 17.7. The van der Waals surface area contributed by atoms with Gasteiger partial charge in [0.05, 0.1) is 46.5 Å². The van der Waals surface area contributed by atoms with Gasteiger partial charge in [-0.1, -0.05) is 47.4 Å². The topological polar surface area (TPSA) is 185 Å². The van der Waals surface area contributed by atoms with E-state index >= 15 is 0 Å². The molecule has 0 fully saturated rings. The predicted octanol–water partition coefficient (Wildman–Crippen LogP) is 7.83. The number of benzene rings is 4. The van der Waals surface area contributed by atoms with Gasteiger partial charge in [-0.3, -0.25) is 40.5 Å². The van der Waals surface area contributed by atoms with Crippen molar-refractivity contribution in [2.24, 2.45) is 0 Å². The van der Waals surface area contributed by atoms with Crippen molar-refractivity contribution in [3.63, 3.8) is 0 Å². The SMILES string of the molecule is O=[N+]([O-])c1cc([N+](=O)[O-])c2cc1Nc1cccc(c1)Sc1cc(c([N+](=O)[O-])cc1[N+](=O)[O-])Sc1cccc(c1)S2. The van der Waals surface area contributed by atoms with Crippen molar-refractivity contribution in [3.05, 3.63) is 113 Å². The van der Waals surface area contributed by atoms with E-state index in [1.54, 1.807) is 48.5 Å². The summed E-state index contributed by atoms with van der Waals surface area (Å²) in [6.45, 7) is 0. The van der Waals surface area contributed by atoms with Gasteiger partial charge in [-0.05, 0) is 48.5 Å². The highest BCUT2D eigenvalue weighted by atomic mass is 32.2. The first-order valence-electron chi connectivity index (χ1n) is 11.0. The summed E-state index contributed by atoms with van der Waals surface area (Å²) in [5.41, 5.74) is -1.45. The minimum atomic E-state index is -0.722. The largest absolute Gasteiger partial charge is 0.350 e. The van der Waals surface area contributed by atoms with Gasteiger partial charge in [0, 0.05) is 20.4 Å². The van der Waals surface area contributed by atoms with Gasteiger partial charge < -0.3 is 5.32 Å². The molecule has 4 aromatic rings. The zero-order chi connectivity index (χ0) is 28.6. The lowest BCUT2D eigenvalue weighted by Crippen LogP contribution is -2.01. The predicted molar refractivity (Wildman–Crippen MR) is 148 cm³/mol. The normalized spacial score (nSPS) is 12.2. The molecule has 16 heteroatoms. The van der Waals surface area contributed by atoms with E-state index in [2.05, 4.69) is 5.32 Å². The summed E-state index contributed by atoms with van der Waals surface area (Å²) >= 11 is 3.02. The second-order valence-electron chi connectivity index (χ2n) is 8.09. The third kappa shape index (κ3) is 5.54. The maximum absolute atomic E-state index is 11.8. The number of rotatable bonds is 4. The Morgan fingerprint density at radius 1 is 0.500 bits per heavy atom. The summed E-state index contributed by atoms with van der Waals surface area (Å²) in [4.78, 5) is 46.5. The van der Waals surface area contributed by atoms with Crippen LogP contribution in [0.25, 0.3) is 0 Å². The molecule has 13 nitrogen and oxygen atoms in total. The van der Waals surface area contributed by atoms with E-state index in [0.29, 0.717) is 20.4 Å². The van der Waals surface area contributed by atoms with Gasteiger partial charge in [-0.15, -0.1) is 0 Å². The summed E-state index contributed by atoms with van der Waals surface area (Å²) in [5, 5.41) is 50.2. The first kappa shape index (κ1) is 26.9. The van der Waals surface area contributed by atoms with Crippen LogP contribution in [-0.4, -0.2) is 19.7 Å². The molecule has 8 bridgehead atoms. The Kier molecular flexibility index (Phi) is 7.29. The molecule has 0 saturated carbocycles. The van der Waals surface area contributed by atoms with Crippen LogP contribution in [0.15, 0.2) is 102 Å². The molecule has 0 aromatic heterocycles. The molecule has 1 aliphatic rings. The van der Waals surface area contributed by atoms with Crippen molar-refractivity contribution >= 4 is 69.4 Å². The van der Waals surface area contributed by atoms with Crippen LogP contribution in [0.1, 0.15) is 0 Å². The molecule has 1 heterocycles. The molecule has 0 spiro atoms. The monoisotopic (exact) mass is 595 g/mol. The van der Waals surface area contributed by atoms with Crippen molar-refractivity contribution in [2.45, 2.75) is 29.4 Å². The standard InChI is InChI=1S/C24H13N5O8S3/c30-26(31)18-10-19(27(32)33)22-9-17(18)25-13-3-1-4-14(7-13)38-23-12-24(21(29(36)37)11-20(23)28(34)35)40-16-6-2-5-15(8-16)39-22/h1-12,25H. The Labute approximate surface area is 236 Å². The zero-order valence-electron chi connectivity index (χ0n) is 19.7. The minimum Gasteiger partial charge on any atom is -0.350 e. The molecule has 1 N–H and O–H groups in total. The summed E-state index contributed by atoms with van der Waals surface area (Å²) in [7, 11) is 0. The van der Waals surface area contributed by atoms with E-state index < -0.39 is 42.4 Å². The zero-order valence-corrected chi connectivity index (χ0v) is 22.2. The second-order valence-corrected chi connectivity index (χ2v) is 11.4. The van der Waals surface area contributed by atoms with Crippen molar-refractivity contribution in [3.8, 4) is 0 Å². The first-order chi connectivity index (χ1) is 19.1. The molecule has 1 aliphatic heterocycles. The molecule has 0 unspecified atom stereocenters. The van der Waals surface area contributed by atoms with Crippen LogP contribution in [0.3, 0.4) is 0 Å². The van der Waals surface area contributed by atoms with Gasteiger partial charge >= 0.3 is 0 Å². The van der Waals surface area contributed by atoms with Gasteiger partial charge in [0.25, 0.3) is 22.7 Å². The molecule has 0 atom stereocenters. The fourth-order valence-corrected chi connectivity index (χ4v) is 6.95. The summed E-state index contributed by atoms with van der Waals surface area (Å²) < 4.78 is 0. The Balaban J connectivity index is 1.75. The van der Waals surface area contributed by atoms with E-state index in [0.717, 1.165) is 47.4 Å². The van der Waals surface area contributed by atoms with Crippen molar-refractivity contribution in [1.29, 1.82) is 0 Å². The van der Waals surface area contributed by atoms with Crippen molar-refractivity contribution < 1.29 is 19.7 Å². The van der Waals surface area contributed by atoms with Gasteiger partial charge in [0.1, 0.15) is 5.69 Å². The van der Waals surface area contributed by atoms with Crippen LogP contribution in [0.4, 0.5) is 34.1 Å². The van der Waals surface area contributed by atoms with E-state index in [1.807, 2.05) is 0 Å². The van der Waals surface area contributed by atoms with Crippen molar-refractivity contribution in [2.75, 3.05) is 5.32 Å². The van der Waals surface area contributed by atoms with E-state index in [9.17, 15) is 40.5 Å². The van der Waals surface area contributed by atoms with Crippen molar-refractivity contribution in [1.82, 2.24) is 0 Å². The number of hydrogen-bond acceptors (Lipinski definition) is 12. The number of fused-ring (bicyclic) bond motifs is 8. The third-order valence-corrected chi connectivity index (χ3v) is 8.62. The summed E-state index contributed by atoms with van der Waals surface area (Å²) in [6.07, 6.45) is 0. The Bertz CT molecular complexity index is 1510. The molecule has 0 radical (unpaired) electrons. The fraction of sp³-hybridized carbons (Fsp3) is 0. The van der Waals surface area contributed by atoms with Crippen LogP contribution in [0.2, 0.25) is 0 Å². The maximum Gasteiger partial charge on any atom is 0.299 e. The molecular formula is C24H13N5O8S3. The Morgan fingerprint density at radius 3 is 1.43 bits per heavy atom. The highest BCUT2D eigenvalue weighted by Crippen LogP contribution is 2.47. The number of nitro groups is 4. The van der Waals surface area contributed by atoms with Gasteiger partial charge in [0.15, 0.2) is 0 Å². The van der Waals surface area contributed by atoms with Crippen LogP contribution in [0.5, 0.6) is 0 Å². The first-order valence-corrected chi connectivity index (χ1v) is 13.5. The average Bonchev–Trinajstić information content (AvgIpc) is 2.88. The number of nitrogens with zero attached hydrogens (tertiary/aromatic N) is 4. The quantitative estimate of drug-likeness (QED) is 0.157. The van der Waals surface area contributed by atoms with E-state index in [4.69, 9.17) is 0 Å². The Hall–Kier alpha value is -4.67. The van der Waals surface area contributed by atoms with Crippen LogP contribution in [0, 0.1) is 40.5 Å². The number of nitrogens with one attached hydrogen (secondary N) is 1. The van der Waals surface area contributed by atoms with E-state index in [-0.39, 0.29) is 20.4 Å². The van der Waals surface area contributed by atoms with Crippen LogP contribution >= 0.6 is 35.3 Å². The molecule has 5 rings (SSSR count). The molecule has 0 amide bonds. The minimum absolute atomic E-state index is 0.0153. The van der Waals surface area contributed by atoms with E-state index in [1.165, 1.54) is 12.1 Å². The molecule has 0 saturated heterocycles. The van der Waals surface area contributed by atoms with Gasteiger partial charge in [-0.2, -0.15) is 0 Å². The number of hydrogen-bond donors (Lipinski definition) is 1. The molecular weight excluding hydrogens is 582 g/mol. The lowest BCUT2D eigenvalue weighted by molar-refractivity contribution is -0.397. The third-order valence-electron chi connectivity index (χ3n) is 5.51. The number of nitro benzene ring substituents is 4. The molecule has 0 aliphatic carbocycles. The van der Waals surface area contributed by atoms with Gasteiger partial charge in [0.2, 0.25) is 0 Å². The highest BCUT2D eigenvalue weighted by molar-refractivity contribution is 8.00. The highest BCUT2D eigenvalue weighted by Gasteiger charge is 2.28. The second kappa shape index (κ2) is 10.8. The number of anilines is 2. The molecule has 40 heavy (non-hydrogen) atoms. The molecule has 200 valence electrons. The maximum atomic E-state index is 11.8. The van der Waals surface area contributed by atoms with Crippen LogP contribution in [-0.2, 0) is 0 Å².